The van der Waals surface area contributed by atoms with E-state index in [0.29, 0.717) is 31.7 Å². The van der Waals surface area contributed by atoms with Crippen LogP contribution >= 0.6 is 0 Å². The van der Waals surface area contributed by atoms with Gasteiger partial charge in [0.25, 0.3) is 5.56 Å². The Morgan fingerprint density at radius 2 is 2.03 bits per heavy atom. The highest BCUT2D eigenvalue weighted by Crippen LogP contribution is 2.21. The normalized spacial score (nSPS) is 11.3. The second kappa shape index (κ2) is 10.8. The van der Waals surface area contributed by atoms with Crippen molar-refractivity contribution in [1.29, 1.82) is 0 Å². The van der Waals surface area contributed by atoms with Crippen molar-refractivity contribution in [2.75, 3.05) is 25.0 Å². The fourth-order valence-electron chi connectivity index (χ4n) is 2.91. The second-order valence-electron chi connectivity index (χ2n) is 7.52. The summed E-state index contributed by atoms with van der Waals surface area (Å²) in [6.07, 6.45) is 1.43. The molecule has 0 saturated carbocycles. The summed E-state index contributed by atoms with van der Waals surface area (Å²) in [4.78, 5) is 36.2. The van der Waals surface area contributed by atoms with Crippen molar-refractivity contribution in [2.45, 2.75) is 45.8 Å². The monoisotopic (exact) mass is 433 g/mol. The number of rotatable bonds is 11. The number of nitrogens with one attached hydrogen (secondary N) is 1. The molecule has 0 aliphatic rings. The Morgan fingerprint density at radius 3 is 2.71 bits per heavy atom. The van der Waals surface area contributed by atoms with E-state index >= 15 is 0 Å². The molecular formula is C21H31N5O5. The van der Waals surface area contributed by atoms with Crippen LogP contribution in [0.15, 0.2) is 33.9 Å². The van der Waals surface area contributed by atoms with Crippen molar-refractivity contribution in [1.82, 2.24) is 14.3 Å². The molecular weight excluding hydrogens is 402 g/mol. The van der Waals surface area contributed by atoms with Crippen LogP contribution in [0.5, 0.6) is 5.75 Å². The van der Waals surface area contributed by atoms with Gasteiger partial charge in [0.15, 0.2) is 5.60 Å². The fraction of sp³-hybridized carbons (Fsp3) is 0.524. The van der Waals surface area contributed by atoms with Gasteiger partial charge in [-0.1, -0.05) is 12.1 Å². The maximum atomic E-state index is 12.2. The molecule has 0 aliphatic carbocycles. The topological polar surface area (TPSA) is 130 Å². The number of nitrogens with two attached hydrogens (primary N) is 1. The molecule has 10 nitrogen and oxygen atoms in total. The summed E-state index contributed by atoms with van der Waals surface area (Å²) in [7, 11) is 1.41. The van der Waals surface area contributed by atoms with Crippen molar-refractivity contribution in [3.8, 4) is 5.75 Å². The summed E-state index contributed by atoms with van der Waals surface area (Å²) >= 11 is 0. The number of aryl methyl sites for hydroxylation is 1. The van der Waals surface area contributed by atoms with Crippen molar-refractivity contribution in [3.05, 3.63) is 50.7 Å². The average Bonchev–Trinajstić information content (AvgIpc) is 2.73. The molecule has 2 aromatic rings. The van der Waals surface area contributed by atoms with Gasteiger partial charge in [0.05, 0.1) is 13.2 Å². The minimum Gasteiger partial charge on any atom is -0.476 e. The van der Waals surface area contributed by atoms with Gasteiger partial charge >= 0.3 is 11.7 Å². The molecule has 10 heteroatoms. The van der Waals surface area contributed by atoms with Crippen LogP contribution in [-0.2, 0) is 29.5 Å². The first-order valence-corrected chi connectivity index (χ1v) is 10.3. The molecule has 3 N–H and O–H groups in total. The predicted octanol–water partition coefficient (Wildman–Crippen LogP) is 0.666. The number of anilines is 1. The zero-order valence-electron chi connectivity index (χ0n) is 18.5. The van der Waals surface area contributed by atoms with E-state index < -0.39 is 22.8 Å². The van der Waals surface area contributed by atoms with Gasteiger partial charge in [0.1, 0.15) is 5.75 Å². The van der Waals surface area contributed by atoms with Gasteiger partial charge < -0.3 is 20.5 Å². The van der Waals surface area contributed by atoms with Crippen LogP contribution in [0.1, 0.15) is 32.8 Å². The Balaban J connectivity index is 1.97. The molecule has 0 unspecified atom stereocenters. The first-order valence-electron chi connectivity index (χ1n) is 10.3. The fourth-order valence-corrected chi connectivity index (χ4v) is 2.91. The zero-order chi connectivity index (χ0) is 23.0. The molecule has 0 atom stereocenters. The maximum Gasteiger partial charge on any atom is 0.349 e. The summed E-state index contributed by atoms with van der Waals surface area (Å²) in [6, 6.07) is 7.49. The highest BCUT2D eigenvalue weighted by Gasteiger charge is 2.31. The number of carbonyl (C=O) groups excluding carboxylic acids is 1. The summed E-state index contributed by atoms with van der Waals surface area (Å²) in [5.74, 6) is 0.270. The third-order valence-electron chi connectivity index (χ3n) is 4.55. The quantitative estimate of drug-likeness (QED) is 0.390. The molecule has 1 aromatic heterocycles. The third-order valence-corrected chi connectivity index (χ3v) is 4.55. The van der Waals surface area contributed by atoms with Gasteiger partial charge in [-0.3, -0.25) is 9.36 Å². The summed E-state index contributed by atoms with van der Waals surface area (Å²) < 4.78 is 13.1. The Bertz CT molecular complexity index is 1010. The average molecular weight is 434 g/mol. The minimum atomic E-state index is -1.09. The summed E-state index contributed by atoms with van der Waals surface area (Å²) in [6.45, 7) is 6.34. The van der Waals surface area contributed by atoms with E-state index in [4.69, 9.17) is 15.2 Å². The van der Waals surface area contributed by atoms with Crippen molar-refractivity contribution >= 4 is 11.8 Å². The van der Waals surface area contributed by atoms with E-state index in [1.165, 1.54) is 11.7 Å². The van der Waals surface area contributed by atoms with E-state index in [1.54, 1.807) is 26.8 Å². The number of esters is 1. The van der Waals surface area contributed by atoms with E-state index in [9.17, 15) is 14.4 Å². The molecule has 0 aliphatic heterocycles. The number of hydrogen-bond acceptors (Lipinski definition) is 8. The SMILES string of the molecule is CCOC(=O)C(C)(C)Oc1cccc(CCCNc2nn(CCN)c(=O)n(C)c2=O)c1. The van der Waals surface area contributed by atoms with Gasteiger partial charge in [-0.05, 0) is 51.3 Å². The lowest BCUT2D eigenvalue weighted by atomic mass is 10.1. The number of benzene rings is 1. The number of aromatic nitrogens is 3. The van der Waals surface area contributed by atoms with Crippen molar-refractivity contribution in [2.24, 2.45) is 12.8 Å². The molecule has 0 radical (unpaired) electrons. The zero-order valence-corrected chi connectivity index (χ0v) is 18.5. The van der Waals surface area contributed by atoms with Crippen LogP contribution in [0.2, 0.25) is 0 Å². The lowest BCUT2D eigenvalue weighted by molar-refractivity contribution is -0.158. The number of hydrogen-bond donors (Lipinski definition) is 2. The molecule has 0 bridgehead atoms. The van der Waals surface area contributed by atoms with Gasteiger partial charge in [-0.2, -0.15) is 0 Å². The van der Waals surface area contributed by atoms with Gasteiger partial charge in [0, 0.05) is 20.1 Å². The van der Waals surface area contributed by atoms with Crippen LogP contribution in [0, 0.1) is 0 Å². The van der Waals surface area contributed by atoms with Crippen LogP contribution < -0.4 is 27.0 Å². The standard InChI is InChI=1S/C21H31N5O5/c1-5-30-19(28)21(2,3)31-16-10-6-8-15(14-16)9-7-12-23-17-18(27)25(4)20(29)26(24-17)13-11-22/h6,8,10,14H,5,7,9,11-13,22H2,1-4H3,(H,23,24). The predicted molar refractivity (Wildman–Crippen MR) is 117 cm³/mol. The molecule has 170 valence electrons. The largest absolute Gasteiger partial charge is 0.476 e. The highest BCUT2D eigenvalue weighted by atomic mass is 16.6. The van der Waals surface area contributed by atoms with E-state index in [1.807, 2.05) is 18.2 Å². The van der Waals surface area contributed by atoms with Gasteiger partial charge in [0.2, 0.25) is 5.82 Å². The van der Waals surface area contributed by atoms with Crippen LogP contribution in [-0.4, -0.2) is 45.6 Å². The third kappa shape index (κ3) is 6.42. The van der Waals surface area contributed by atoms with Gasteiger partial charge in [-0.25, -0.2) is 14.3 Å². The van der Waals surface area contributed by atoms with Crippen LogP contribution in [0.3, 0.4) is 0 Å². The molecule has 1 heterocycles. The molecule has 0 spiro atoms. The van der Waals surface area contributed by atoms with Crippen molar-refractivity contribution in [3.63, 3.8) is 0 Å². The first kappa shape index (κ1) is 24.1. The molecule has 1 aromatic carbocycles. The Morgan fingerprint density at radius 1 is 1.29 bits per heavy atom. The van der Waals surface area contributed by atoms with E-state index in [2.05, 4.69) is 10.4 Å². The Labute approximate surface area is 181 Å². The minimum absolute atomic E-state index is 0.115. The van der Waals surface area contributed by atoms with Crippen LogP contribution in [0.4, 0.5) is 5.82 Å². The molecule has 0 fully saturated rings. The lowest BCUT2D eigenvalue weighted by Crippen LogP contribution is -2.42. The lowest BCUT2D eigenvalue weighted by Gasteiger charge is -2.24. The summed E-state index contributed by atoms with van der Waals surface area (Å²) in [5.41, 5.74) is 4.45. The number of carbonyl (C=O) groups is 1. The molecule has 31 heavy (non-hydrogen) atoms. The summed E-state index contributed by atoms with van der Waals surface area (Å²) in [5, 5.41) is 7.06. The Kier molecular flexibility index (Phi) is 8.38. The second-order valence-corrected chi connectivity index (χ2v) is 7.52. The van der Waals surface area contributed by atoms with E-state index in [-0.39, 0.29) is 18.9 Å². The van der Waals surface area contributed by atoms with Crippen LogP contribution in [0.25, 0.3) is 0 Å². The van der Waals surface area contributed by atoms with E-state index in [0.717, 1.165) is 10.1 Å². The Hall–Kier alpha value is -3.14. The number of nitrogens with zero attached hydrogens (tertiary/aromatic N) is 3. The molecule has 2 rings (SSSR count). The maximum absolute atomic E-state index is 12.2. The number of ether oxygens (including phenoxy) is 2. The molecule has 0 amide bonds. The first-order chi connectivity index (χ1) is 14.7. The highest BCUT2D eigenvalue weighted by molar-refractivity contribution is 5.79. The molecule has 0 saturated heterocycles. The van der Waals surface area contributed by atoms with Gasteiger partial charge in [-0.15, -0.1) is 5.10 Å². The smallest absolute Gasteiger partial charge is 0.349 e. The van der Waals surface area contributed by atoms with Crippen molar-refractivity contribution < 1.29 is 14.3 Å².